The lowest BCUT2D eigenvalue weighted by molar-refractivity contribution is -0.138. The molecule has 0 aliphatic rings. The summed E-state index contributed by atoms with van der Waals surface area (Å²) in [6.45, 7) is 17.0. The van der Waals surface area contributed by atoms with Gasteiger partial charge in [0.2, 0.25) is 0 Å². The van der Waals surface area contributed by atoms with Crippen LogP contribution in [0.5, 0.6) is 0 Å². The van der Waals surface area contributed by atoms with Gasteiger partial charge in [-0.1, -0.05) is 54.5 Å². The molecule has 0 saturated carbocycles. The first-order valence-corrected chi connectivity index (χ1v) is 6.90. The van der Waals surface area contributed by atoms with Crippen molar-refractivity contribution in [2.45, 2.75) is 60.8 Å². The van der Waals surface area contributed by atoms with Gasteiger partial charge in [0.25, 0.3) is 0 Å². The van der Waals surface area contributed by atoms with E-state index >= 15 is 0 Å². The minimum absolute atomic E-state index is 0.138. The largest absolute Gasteiger partial charge is 0.462 e. The number of carbonyl (C=O) groups is 1. The summed E-state index contributed by atoms with van der Waals surface area (Å²) in [5.74, 6) is 0.232. The molecule has 3 nitrogen and oxygen atoms in total. The topological polar surface area (TPSA) is 50.1 Å². The first-order valence-electron chi connectivity index (χ1n) is 6.90. The van der Waals surface area contributed by atoms with Crippen molar-refractivity contribution in [3.63, 3.8) is 0 Å². The van der Waals surface area contributed by atoms with Gasteiger partial charge in [0.1, 0.15) is 11.6 Å². The fraction of sp³-hybridized carbons (Fsp3) is 0.750. The summed E-state index contributed by atoms with van der Waals surface area (Å²) in [6, 6.07) is 1.62. The number of hydrogen-bond donors (Lipinski definition) is 0. The van der Waals surface area contributed by atoms with Crippen molar-refractivity contribution >= 4 is 5.97 Å². The fourth-order valence-electron chi connectivity index (χ4n) is 1.67. The molecule has 0 bridgehead atoms. The quantitative estimate of drug-likeness (QED) is 0.319. The van der Waals surface area contributed by atoms with Crippen LogP contribution in [0.25, 0.3) is 0 Å². The third-order valence-corrected chi connectivity index (χ3v) is 2.13. The number of carbonyl (C=O) groups excluding carboxylic acids is 1. The van der Waals surface area contributed by atoms with E-state index in [1.165, 1.54) is 6.42 Å². The number of nitriles is 1. The predicted molar refractivity (Wildman–Crippen MR) is 79.5 cm³/mol. The molecule has 19 heavy (non-hydrogen) atoms. The Morgan fingerprint density at radius 3 is 2.16 bits per heavy atom. The SMILES string of the molecule is C=C(C#N)C(=O)OCCCC.CC(C)CC(C)(C)C. The van der Waals surface area contributed by atoms with Crippen molar-refractivity contribution in [2.75, 3.05) is 6.61 Å². The summed E-state index contributed by atoms with van der Waals surface area (Å²) in [6.07, 6.45) is 3.11. The zero-order valence-corrected chi connectivity index (χ0v) is 13.4. The minimum atomic E-state index is -0.610. The predicted octanol–water partition coefficient (Wildman–Crippen LogP) is 4.49. The standard InChI is InChI=1S/C8H11NO2.C8H18/c1-3-4-5-11-8(10)7(2)6-9;1-7(2)6-8(3,4)5/h2-5H2,1H3;7H,6H2,1-5H3. The van der Waals surface area contributed by atoms with E-state index in [1.807, 2.05) is 6.92 Å². The second kappa shape index (κ2) is 10.6. The molecule has 0 rings (SSSR count). The molecule has 0 aliphatic heterocycles. The number of ether oxygens (including phenoxy) is 1. The Morgan fingerprint density at radius 1 is 1.37 bits per heavy atom. The smallest absolute Gasteiger partial charge is 0.348 e. The van der Waals surface area contributed by atoms with E-state index in [9.17, 15) is 4.79 Å². The molecule has 0 fully saturated rings. The van der Waals surface area contributed by atoms with Crippen LogP contribution in [0, 0.1) is 22.7 Å². The molecule has 0 radical (unpaired) electrons. The molecule has 0 amide bonds. The van der Waals surface area contributed by atoms with E-state index in [0.29, 0.717) is 12.0 Å². The summed E-state index contributed by atoms with van der Waals surface area (Å²) in [4.78, 5) is 10.7. The average Bonchev–Trinajstić information content (AvgIpc) is 2.25. The van der Waals surface area contributed by atoms with Gasteiger partial charge in [-0.15, -0.1) is 0 Å². The zero-order chi connectivity index (χ0) is 15.5. The van der Waals surface area contributed by atoms with Gasteiger partial charge in [0, 0.05) is 0 Å². The van der Waals surface area contributed by atoms with E-state index in [1.54, 1.807) is 6.07 Å². The highest BCUT2D eigenvalue weighted by atomic mass is 16.5. The Kier molecular flexibility index (Phi) is 11.2. The summed E-state index contributed by atoms with van der Waals surface area (Å²) in [7, 11) is 0. The highest BCUT2D eigenvalue weighted by molar-refractivity contribution is 5.91. The van der Waals surface area contributed by atoms with Gasteiger partial charge in [-0.3, -0.25) is 0 Å². The van der Waals surface area contributed by atoms with Crippen LogP contribution in [-0.2, 0) is 9.53 Å². The molecule has 3 heteroatoms. The first-order chi connectivity index (χ1) is 8.64. The maximum Gasteiger partial charge on any atom is 0.348 e. The van der Waals surface area contributed by atoms with E-state index < -0.39 is 5.97 Å². The molecule has 0 aromatic carbocycles. The summed E-state index contributed by atoms with van der Waals surface area (Å²) >= 11 is 0. The van der Waals surface area contributed by atoms with Crippen molar-refractivity contribution < 1.29 is 9.53 Å². The van der Waals surface area contributed by atoms with Crippen LogP contribution < -0.4 is 0 Å². The molecular weight excluding hydrogens is 238 g/mol. The van der Waals surface area contributed by atoms with Crippen molar-refractivity contribution in [3.8, 4) is 6.07 Å². The van der Waals surface area contributed by atoms with Gasteiger partial charge in [0.15, 0.2) is 0 Å². The number of hydrogen-bond acceptors (Lipinski definition) is 3. The third kappa shape index (κ3) is 16.7. The maximum absolute atomic E-state index is 10.7. The van der Waals surface area contributed by atoms with Crippen molar-refractivity contribution in [2.24, 2.45) is 11.3 Å². The number of esters is 1. The molecule has 0 heterocycles. The summed E-state index contributed by atoms with van der Waals surface area (Å²) < 4.78 is 4.67. The van der Waals surface area contributed by atoms with Gasteiger partial charge < -0.3 is 4.74 Å². The van der Waals surface area contributed by atoms with E-state index in [4.69, 9.17) is 5.26 Å². The summed E-state index contributed by atoms with van der Waals surface area (Å²) in [5, 5.41) is 8.21. The van der Waals surface area contributed by atoms with Crippen molar-refractivity contribution in [1.82, 2.24) is 0 Å². The Hall–Kier alpha value is -1.30. The van der Waals surface area contributed by atoms with E-state index in [0.717, 1.165) is 18.8 Å². The highest BCUT2D eigenvalue weighted by Crippen LogP contribution is 2.23. The van der Waals surface area contributed by atoms with Gasteiger partial charge in [-0.05, 0) is 24.2 Å². The zero-order valence-electron chi connectivity index (χ0n) is 13.4. The monoisotopic (exact) mass is 267 g/mol. The van der Waals surface area contributed by atoms with Gasteiger partial charge in [-0.2, -0.15) is 5.26 Å². The van der Waals surface area contributed by atoms with Crippen LogP contribution in [0.4, 0.5) is 0 Å². The lowest BCUT2D eigenvalue weighted by Gasteiger charge is -2.19. The van der Waals surface area contributed by atoms with Crippen LogP contribution in [-0.4, -0.2) is 12.6 Å². The van der Waals surface area contributed by atoms with Crippen molar-refractivity contribution in [1.29, 1.82) is 5.26 Å². The number of rotatable bonds is 5. The van der Waals surface area contributed by atoms with Crippen LogP contribution in [0.15, 0.2) is 12.2 Å². The summed E-state index contributed by atoms with van der Waals surface area (Å²) in [5.41, 5.74) is 0.384. The molecule has 0 saturated heterocycles. The second-order valence-electron chi connectivity index (χ2n) is 6.24. The third-order valence-electron chi connectivity index (χ3n) is 2.13. The highest BCUT2D eigenvalue weighted by Gasteiger charge is 2.11. The number of unbranched alkanes of at least 4 members (excludes halogenated alkanes) is 1. The molecule has 0 aromatic rings. The van der Waals surface area contributed by atoms with E-state index in [2.05, 4.69) is 45.9 Å². The van der Waals surface area contributed by atoms with Crippen LogP contribution in [0.1, 0.15) is 60.8 Å². The molecule has 0 N–H and O–H groups in total. The molecule has 0 atom stereocenters. The normalized spacial score (nSPS) is 10.2. The van der Waals surface area contributed by atoms with Crippen LogP contribution in [0.3, 0.4) is 0 Å². The van der Waals surface area contributed by atoms with Gasteiger partial charge in [-0.25, -0.2) is 4.79 Å². The molecule has 0 spiro atoms. The molecule has 110 valence electrons. The Balaban J connectivity index is 0. The molecule has 0 aliphatic carbocycles. The Morgan fingerprint density at radius 2 is 1.89 bits per heavy atom. The lowest BCUT2D eigenvalue weighted by Crippen LogP contribution is -2.08. The maximum atomic E-state index is 10.7. The fourth-order valence-corrected chi connectivity index (χ4v) is 1.67. The second-order valence-corrected chi connectivity index (χ2v) is 6.24. The minimum Gasteiger partial charge on any atom is -0.462 e. The first kappa shape index (κ1) is 20.0. The Bertz CT molecular complexity index is 306. The average molecular weight is 267 g/mol. The molecular formula is C16H29NO2. The molecule has 0 unspecified atom stereocenters. The number of nitrogens with zero attached hydrogens (tertiary/aromatic N) is 1. The van der Waals surface area contributed by atoms with Crippen molar-refractivity contribution in [3.05, 3.63) is 12.2 Å². The van der Waals surface area contributed by atoms with E-state index in [-0.39, 0.29) is 5.57 Å². The Labute approximate surface area is 118 Å². The van der Waals surface area contributed by atoms with Crippen LogP contribution >= 0.6 is 0 Å². The van der Waals surface area contributed by atoms with Gasteiger partial charge in [0.05, 0.1) is 6.61 Å². The lowest BCUT2D eigenvalue weighted by atomic mass is 9.86. The molecule has 0 aromatic heterocycles. The van der Waals surface area contributed by atoms with Crippen LogP contribution in [0.2, 0.25) is 0 Å². The van der Waals surface area contributed by atoms with Gasteiger partial charge >= 0.3 is 5.97 Å².